The Hall–Kier alpha value is -1.56. The van der Waals surface area contributed by atoms with E-state index in [1.165, 1.54) is 0 Å². The molecule has 25 heavy (non-hydrogen) atoms. The van der Waals surface area contributed by atoms with Crippen LogP contribution in [0.3, 0.4) is 0 Å². The fraction of sp³-hybridized carbons (Fsp3) is 0.444. The number of benzene rings is 1. The number of anilines is 3. The van der Waals surface area contributed by atoms with Gasteiger partial charge in [-0.15, -0.1) is 0 Å². The number of aliphatic hydroxyl groups excluding tert-OH is 1. The van der Waals surface area contributed by atoms with Crippen LogP contribution in [0.4, 0.5) is 17.5 Å². The van der Waals surface area contributed by atoms with Gasteiger partial charge >= 0.3 is 0 Å². The molecular weight excluding hydrogens is 359 g/mol. The van der Waals surface area contributed by atoms with Gasteiger partial charge in [0.25, 0.3) is 0 Å². The summed E-state index contributed by atoms with van der Waals surface area (Å²) in [7, 11) is 0. The molecule has 1 aliphatic rings. The zero-order chi connectivity index (χ0) is 18.0. The quantitative estimate of drug-likeness (QED) is 0.641. The van der Waals surface area contributed by atoms with Crippen molar-refractivity contribution in [3.8, 4) is 0 Å². The lowest BCUT2D eigenvalue weighted by Gasteiger charge is -2.20. The van der Waals surface area contributed by atoms with Crippen molar-refractivity contribution in [2.45, 2.75) is 38.6 Å². The summed E-state index contributed by atoms with van der Waals surface area (Å²) in [4.78, 5) is 9.15. The molecule has 1 aromatic carbocycles. The lowest BCUT2D eigenvalue weighted by atomic mass is 10.1. The normalized spacial score (nSPS) is 15.3. The molecule has 2 aromatic rings. The highest BCUT2D eigenvalue weighted by Crippen LogP contribution is 2.40. The van der Waals surface area contributed by atoms with Crippen molar-refractivity contribution in [3.05, 3.63) is 40.0 Å². The first-order valence-corrected chi connectivity index (χ1v) is 9.21. The van der Waals surface area contributed by atoms with E-state index in [-0.39, 0.29) is 18.6 Å². The summed E-state index contributed by atoms with van der Waals surface area (Å²) in [6.45, 7) is 4.12. The third-order valence-electron chi connectivity index (χ3n) is 4.27. The van der Waals surface area contributed by atoms with Gasteiger partial charge in [-0.3, -0.25) is 0 Å². The molecule has 1 aliphatic carbocycles. The molecule has 0 radical (unpaired) electrons. The standard InChI is InChI=1S/C18H22Cl2N4O/c1-10(2)15(9-25)23-18-22-14(11-6-7-11)8-16(24-18)21-13-5-3-4-12(19)17(13)20/h3-5,8,10-11,15,25H,6-7,9H2,1-2H3,(H2,21,22,23,24)/t15-/m0/s1. The largest absolute Gasteiger partial charge is 0.394 e. The smallest absolute Gasteiger partial charge is 0.225 e. The van der Waals surface area contributed by atoms with E-state index in [1.54, 1.807) is 6.07 Å². The van der Waals surface area contributed by atoms with Gasteiger partial charge in [-0.2, -0.15) is 4.98 Å². The first-order valence-electron chi connectivity index (χ1n) is 8.45. The maximum atomic E-state index is 9.55. The molecule has 1 heterocycles. The van der Waals surface area contributed by atoms with Gasteiger partial charge in [-0.25, -0.2) is 4.98 Å². The molecule has 3 N–H and O–H groups in total. The van der Waals surface area contributed by atoms with Gasteiger partial charge in [0.15, 0.2) is 0 Å². The van der Waals surface area contributed by atoms with Crippen LogP contribution in [0.1, 0.15) is 38.3 Å². The minimum absolute atomic E-state index is 0.0254. The highest BCUT2D eigenvalue weighted by Gasteiger charge is 2.27. The van der Waals surface area contributed by atoms with Crippen molar-refractivity contribution in [2.75, 3.05) is 17.2 Å². The zero-order valence-corrected chi connectivity index (χ0v) is 15.8. The second-order valence-corrected chi connectivity index (χ2v) is 7.46. The number of nitrogens with zero attached hydrogens (tertiary/aromatic N) is 2. The van der Waals surface area contributed by atoms with Crippen molar-refractivity contribution in [1.82, 2.24) is 9.97 Å². The van der Waals surface area contributed by atoms with Crippen molar-refractivity contribution < 1.29 is 5.11 Å². The van der Waals surface area contributed by atoms with E-state index in [0.717, 1.165) is 18.5 Å². The molecule has 0 saturated heterocycles. The minimum Gasteiger partial charge on any atom is -0.394 e. The fourth-order valence-corrected chi connectivity index (χ4v) is 2.86. The highest BCUT2D eigenvalue weighted by molar-refractivity contribution is 6.43. The van der Waals surface area contributed by atoms with E-state index in [0.29, 0.717) is 33.4 Å². The monoisotopic (exact) mass is 380 g/mol. The fourth-order valence-electron chi connectivity index (χ4n) is 2.51. The minimum atomic E-state index is -0.0999. The predicted molar refractivity (Wildman–Crippen MR) is 103 cm³/mol. The van der Waals surface area contributed by atoms with Crippen LogP contribution in [0, 0.1) is 5.92 Å². The van der Waals surface area contributed by atoms with E-state index in [2.05, 4.69) is 20.6 Å². The molecule has 1 aromatic heterocycles. The average molecular weight is 381 g/mol. The van der Waals surface area contributed by atoms with Crippen LogP contribution in [0.5, 0.6) is 0 Å². The first-order chi connectivity index (χ1) is 12.0. The van der Waals surface area contributed by atoms with Gasteiger partial charge in [0.2, 0.25) is 5.95 Å². The molecule has 0 unspecified atom stereocenters. The number of halogens is 2. The number of rotatable bonds is 7. The van der Waals surface area contributed by atoms with Gasteiger partial charge < -0.3 is 15.7 Å². The maximum Gasteiger partial charge on any atom is 0.225 e. The summed E-state index contributed by atoms with van der Waals surface area (Å²) in [5.74, 6) is 1.91. The van der Waals surface area contributed by atoms with Crippen LogP contribution in [-0.4, -0.2) is 27.7 Å². The van der Waals surface area contributed by atoms with Crippen LogP contribution in [0.15, 0.2) is 24.3 Å². The average Bonchev–Trinajstić information content (AvgIpc) is 3.41. The molecular formula is C18H22Cl2N4O. The Kier molecular flexibility index (Phi) is 5.67. The molecule has 7 heteroatoms. The van der Waals surface area contributed by atoms with E-state index in [4.69, 9.17) is 23.2 Å². The van der Waals surface area contributed by atoms with Crippen molar-refractivity contribution in [2.24, 2.45) is 5.92 Å². The number of aromatic nitrogens is 2. The van der Waals surface area contributed by atoms with Crippen molar-refractivity contribution >= 4 is 40.7 Å². The lowest BCUT2D eigenvalue weighted by Crippen LogP contribution is -2.30. The molecule has 5 nitrogen and oxygen atoms in total. The number of nitrogens with one attached hydrogen (secondary N) is 2. The number of hydrogen-bond donors (Lipinski definition) is 3. The summed E-state index contributed by atoms with van der Waals surface area (Å²) in [5, 5.41) is 17.0. The Balaban J connectivity index is 1.89. The topological polar surface area (TPSA) is 70.1 Å². The number of aliphatic hydroxyl groups is 1. The van der Waals surface area contributed by atoms with E-state index in [1.807, 2.05) is 32.0 Å². The van der Waals surface area contributed by atoms with Crippen molar-refractivity contribution in [3.63, 3.8) is 0 Å². The lowest BCUT2D eigenvalue weighted by molar-refractivity contribution is 0.248. The van der Waals surface area contributed by atoms with E-state index >= 15 is 0 Å². The third kappa shape index (κ3) is 4.54. The summed E-state index contributed by atoms with van der Waals surface area (Å²) in [6, 6.07) is 7.27. The highest BCUT2D eigenvalue weighted by atomic mass is 35.5. The van der Waals surface area contributed by atoms with E-state index < -0.39 is 0 Å². The second-order valence-electron chi connectivity index (χ2n) is 6.68. The SMILES string of the molecule is CC(C)[C@H](CO)Nc1nc(Nc2cccc(Cl)c2Cl)cc(C2CC2)n1. The molecule has 134 valence electrons. The summed E-state index contributed by atoms with van der Waals surface area (Å²) < 4.78 is 0. The summed E-state index contributed by atoms with van der Waals surface area (Å²) in [6.07, 6.45) is 2.28. The molecule has 3 rings (SSSR count). The molecule has 1 saturated carbocycles. The first kappa shape index (κ1) is 18.2. The third-order valence-corrected chi connectivity index (χ3v) is 5.09. The molecule has 0 aliphatic heterocycles. The van der Waals surface area contributed by atoms with Crippen LogP contribution in [-0.2, 0) is 0 Å². The Morgan fingerprint density at radius 2 is 2.00 bits per heavy atom. The van der Waals surface area contributed by atoms with Crippen LogP contribution in [0.2, 0.25) is 10.0 Å². The zero-order valence-electron chi connectivity index (χ0n) is 14.3. The maximum absolute atomic E-state index is 9.55. The number of hydrogen-bond acceptors (Lipinski definition) is 5. The van der Waals surface area contributed by atoms with Gasteiger partial charge in [0, 0.05) is 12.0 Å². The Morgan fingerprint density at radius 3 is 2.64 bits per heavy atom. The molecule has 0 amide bonds. The summed E-state index contributed by atoms with van der Waals surface area (Å²) in [5.41, 5.74) is 1.70. The van der Waals surface area contributed by atoms with Crippen LogP contribution >= 0.6 is 23.2 Å². The van der Waals surface area contributed by atoms with Gasteiger partial charge in [0.1, 0.15) is 5.82 Å². The molecule has 0 bridgehead atoms. The molecule has 0 spiro atoms. The second kappa shape index (κ2) is 7.77. The Morgan fingerprint density at radius 1 is 1.24 bits per heavy atom. The molecule has 1 fully saturated rings. The Bertz CT molecular complexity index is 750. The van der Waals surface area contributed by atoms with E-state index in [9.17, 15) is 5.11 Å². The van der Waals surface area contributed by atoms with Gasteiger partial charge in [-0.05, 0) is 30.9 Å². The summed E-state index contributed by atoms with van der Waals surface area (Å²) >= 11 is 12.3. The van der Waals surface area contributed by atoms with Gasteiger partial charge in [-0.1, -0.05) is 43.1 Å². The van der Waals surface area contributed by atoms with Crippen LogP contribution in [0.25, 0.3) is 0 Å². The predicted octanol–water partition coefficient (Wildman–Crippen LogP) is 4.83. The van der Waals surface area contributed by atoms with Gasteiger partial charge in [0.05, 0.1) is 34.1 Å². The molecule has 1 atom stereocenters. The van der Waals surface area contributed by atoms with Crippen molar-refractivity contribution in [1.29, 1.82) is 0 Å². The Labute approximate surface area is 157 Å². The van der Waals surface area contributed by atoms with Crippen LogP contribution < -0.4 is 10.6 Å².